The molecule has 0 aromatic heterocycles. The lowest BCUT2D eigenvalue weighted by molar-refractivity contribution is 0.304. The Morgan fingerprint density at radius 1 is 0.696 bits per heavy atom. The molecule has 1 aromatic rings. The van der Waals surface area contributed by atoms with Gasteiger partial charge >= 0.3 is 0 Å². The third-order valence-electron chi connectivity index (χ3n) is 4.49. The Balaban J connectivity index is 1.99. The van der Waals surface area contributed by atoms with Gasteiger partial charge in [0.2, 0.25) is 0 Å². The van der Waals surface area contributed by atoms with Crippen molar-refractivity contribution in [2.45, 2.75) is 97.3 Å². The molecule has 1 rings (SSSR count). The summed E-state index contributed by atoms with van der Waals surface area (Å²) in [4.78, 5) is 0. The summed E-state index contributed by atoms with van der Waals surface area (Å²) in [6, 6.07) is 8.59. The van der Waals surface area contributed by atoms with E-state index < -0.39 is 0 Å². The second-order valence-electron chi connectivity index (χ2n) is 7.80. The fourth-order valence-electron chi connectivity index (χ4n) is 2.83. The van der Waals surface area contributed by atoms with Crippen molar-refractivity contribution < 1.29 is 4.74 Å². The van der Waals surface area contributed by atoms with E-state index in [2.05, 4.69) is 52.0 Å². The quantitative estimate of drug-likeness (QED) is 0.368. The summed E-state index contributed by atoms with van der Waals surface area (Å²) >= 11 is 0. The van der Waals surface area contributed by atoms with Crippen LogP contribution >= 0.6 is 0 Å². The van der Waals surface area contributed by atoms with Gasteiger partial charge in [-0.1, -0.05) is 97.6 Å². The molecule has 0 radical (unpaired) electrons. The van der Waals surface area contributed by atoms with Crippen molar-refractivity contribution in [1.29, 1.82) is 0 Å². The minimum Gasteiger partial charge on any atom is -0.494 e. The molecule has 0 N–H and O–H groups in total. The topological polar surface area (TPSA) is 9.23 Å². The first-order valence-electron chi connectivity index (χ1n) is 9.77. The Morgan fingerprint density at radius 3 is 1.65 bits per heavy atom. The monoisotopic (exact) mass is 318 g/mol. The van der Waals surface area contributed by atoms with E-state index in [1.54, 1.807) is 0 Å². The van der Waals surface area contributed by atoms with Crippen LogP contribution < -0.4 is 4.74 Å². The lowest BCUT2D eigenvalue weighted by Crippen LogP contribution is -2.10. The van der Waals surface area contributed by atoms with E-state index in [4.69, 9.17) is 4.74 Å². The molecule has 0 atom stereocenters. The average molecular weight is 319 g/mol. The van der Waals surface area contributed by atoms with Crippen LogP contribution in [0.4, 0.5) is 0 Å². The summed E-state index contributed by atoms with van der Waals surface area (Å²) in [6.07, 6.45) is 13.7. The molecule has 1 nitrogen and oxygen atoms in total. The van der Waals surface area contributed by atoms with Crippen LogP contribution in [0.25, 0.3) is 0 Å². The minimum absolute atomic E-state index is 0.217. The first-order valence-corrected chi connectivity index (χ1v) is 9.77. The van der Waals surface area contributed by atoms with Crippen molar-refractivity contribution in [3.8, 4) is 5.75 Å². The maximum atomic E-state index is 5.85. The summed E-state index contributed by atoms with van der Waals surface area (Å²) in [6.45, 7) is 9.86. The van der Waals surface area contributed by atoms with E-state index in [1.807, 2.05) is 0 Å². The molecular formula is C22H38O. The Hall–Kier alpha value is -0.980. The smallest absolute Gasteiger partial charge is 0.119 e. The highest BCUT2D eigenvalue weighted by Crippen LogP contribution is 2.24. The second-order valence-corrected chi connectivity index (χ2v) is 7.80. The zero-order valence-corrected chi connectivity index (χ0v) is 16.0. The first-order chi connectivity index (χ1) is 11.0. The predicted octanol–water partition coefficient (Wildman–Crippen LogP) is 7.28. The maximum absolute atomic E-state index is 5.85. The molecule has 0 unspecified atom stereocenters. The van der Waals surface area contributed by atoms with Crippen molar-refractivity contribution in [3.63, 3.8) is 0 Å². The Bertz CT molecular complexity index is 385. The number of unbranched alkanes of at least 4 members (excludes halogenated alkanes) is 9. The first kappa shape index (κ1) is 20.1. The van der Waals surface area contributed by atoms with Gasteiger partial charge < -0.3 is 4.74 Å². The number of ether oxygens (including phenoxy) is 1. The zero-order valence-electron chi connectivity index (χ0n) is 16.0. The van der Waals surface area contributed by atoms with Crippen LogP contribution in [0.1, 0.15) is 97.5 Å². The summed E-state index contributed by atoms with van der Waals surface area (Å²) < 4.78 is 5.85. The average Bonchev–Trinajstić information content (AvgIpc) is 2.52. The molecule has 0 bridgehead atoms. The van der Waals surface area contributed by atoms with Crippen molar-refractivity contribution in [2.75, 3.05) is 6.61 Å². The lowest BCUT2D eigenvalue weighted by atomic mass is 9.87. The molecule has 0 saturated carbocycles. The van der Waals surface area contributed by atoms with Crippen LogP contribution in [0.5, 0.6) is 5.75 Å². The molecular weight excluding hydrogens is 280 g/mol. The van der Waals surface area contributed by atoms with Crippen molar-refractivity contribution in [1.82, 2.24) is 0 Å². The second kappa shape index (κ2) is 11.5. The number of hydrogen-bond acceptors (Lipinski definition) is 1. The third-order valence-corrected chi connectivity index (χ3v) is 4.49. The fraction of sp³-hybridized carbons (Fsp3) is 0.727. The highest BCUT2D eigenvalue weighted by atomic mass is 16.5. The fourth-order valence-corrected chi connectivity index (χ4v) is 2.83. The molecule has 0 amide bonds. The normalized spacial score (nSPS) is 11.7. The molecule has 0 aliphatic rings. The molecule has 23 heavy (non-hydrogen) atoms. The van der Waals surface area contributed by atoms with Crippen LogP contribution in [0.15, 0.2) is 24.3 Å². The standard InChI is InChI=1S/C22H38O/c1-5-6-7-8-9-10-11-12-13-14-19-23-21-17-15-20(16-18-21)22(2,3)4/h15-18H,5-14,19H2,1-4H3. The molecule has 0 fully saturated rings. The van der Waals surface area contributed by atoms with Gasteiger partial charge in [-0.2, -0.15) is 0 Å². The zero-order chi connectivity index (χ0) is 17.0. The van der Waals surface area contributed by atoms with Crippen molar-refractivity contribution in [2.24, 2.45) is 0 Å². The van der Waals surface area contributed by atoms with Crippen LogP contribution in [-0.2, 0) is 5.41 Å². The summed E-state index contributed by atoms with van der Waals surface area (Å²) in [5.41, 5.74) is 1.58. The highest BCUT2D eigenvalue weighted by Gasteiger charge is 2.12. The van der Waals surface area contributed by atoms with E-state index in [9.17, 15) is 0 Å². The molecule has 132 valence electrons. The number of hydrogen-bond donors (Lipinski definition) is 0. The molecule has 1 heteroatoms. The van der Waals surface area contributed by atoms with Crippen molar-refractivity contribution >= 4 is 0 Å². The van der Waals surface area contributed by atoms with E-state index in [-0.39, 0.29) is 5.41 Å². The Kier molecular flexibility index (Phi) is 10.1. The van der Waals surface area contributed by atoms with E-state index in [0.717, 1.165) is 12.4 Å². The van der Waals surface area contributed by atoms with Gasteiger partial charge in [-0.15, -0.1) is 0 Å². The SMILES string of the molecule is CCCCCCCCCCCCOc1ccc(C(C)(C)C)cc1. The van der Waals surface area contributed by atoms with E-state index >= 15 is 0 Å². The van der Waals surface area contributed by atoms with Gasteiger partial charge in [0.05, 0.1) is 6.61 Å². The van der Waals surface area contributed by atoms with Gasteiger partial charge in [-0.25, -0.2) is 0 Å². The van der Waals surface area contributed by atoms with Crippen LogP contribution in [0.2, 0.25) is 0 Å². The maximum Gasteiger partial charge on any atom is 0.119 e. The summed E-state index contributed by atoms with van der Waals surface area (Å²) in [5.74, 6) is 1.01. The molecule has 1 aromatic carbocycles. The van der Waals surface area contributed by atoms with Gasteiger partial charge in [-0.3, -0.25) is 0 Å². The van der Waals surface area contributed by atoms with Crippen LogP contribution in [-0.4, -0.2) is 6.61 Å². The summed E-state index contributed by atoms with van der Waals surface area (Å²) in [5, 5.41) is 0. The molecule has 0 aliphatic heterocycles. The van der Waals surface area contributed by atoms with Gasteiger partial charge in [0.1, 0.15) is 5.75 Å². The van der Waals surface area contributed by atoms with Crippen LogP contribution in [0, 0.1) is 0 Å². The largest absolute Gasteiger partial charge is 0.494 e. The van der Waals surface area contributed by atoms with Gasteiger partial charge in [0.25, 0.3) is 0 Å². The third kappa shape index (κ3) is 9.69. The molecule has 0 heterocycles. The van der Waals surface area contributed by atoms with Crippen molar-refractivity contribution in [3.05, 3.63) is 29.8 Å². The van der Waals surface area contributed by atoms with Gasteiger partial charge in [-0.05, 0) is 29.5 Å². The molecule has 0 aliphatic carbocycles. The minimum atomic E-state index is 0.217. The van der Waals surface area contributed by atoms with E-state index in [1.165, 1.54) is 69.8 Å². The van der Waals surface area contributed by atoms with E-state index in [0.29, 0.717) is 0 Å². The number of rotatable bonds is 12. The Labute approximate surface area is 144 Å². The summed E-state index contributed by atoms with van der Waals surface area (Å²) in [7, 11) is 0. The molecule has 0 spiro atoms. The lowest BCUT2D eigenvalue weighted by Gasteiger charge is -2.19. The Morgan fingerprint density at radius 2 is 1.17 bits per heavy atom. The highest BCUT2D eigenvalue weighted by molar-refractivity contribution is 5.31. The predicted molar refractivity (Wildman–Crippen MR) is 102 cm³/mol. The van der Waals surface area contributed by atoms with Crippen LogP contribution in [0.3, 0.4) is 0 Å². The van der Waals surface area contributed by atoms with Gasteiger partial charge in [0.15, 0.2) is 0 Å². The van der Waals surface area contributed by atoms with Gasteiger partial charge in [0, 0.05) is 0 Å². The number of benzene rings is 1. The molecule has 0 saturated heterocycles.